The maximum atomic E-state index is 5.59. The van der Waals surface area contributed by atoms with Crippen LogP contribution in [-0.4, -0.2) is 36.4 Å². The van der Waals surface area contributed by atoms with Crippen molar-refractivity contribution in [2.45, 2.75) is 7.43 Å². The minimum atomic E-state index is 0. The van der Waals surface area contributed by atoms with Crippen molar-refractivity contribution in [2.75, 3.05) is 18.6 Å². The van der Waals surface area contributed by atoms with E-state index in [-0.39, 0.29) is 7.43 Å². The number of nitrogens with one attached hydrogen (secondary N) is 1. The lowest BCUT2D eigenvalue weighted by Gasteiger charge is -2.09. The Kier molecular flexibility index (Phi) is 15.4. The number of benzene rings is 9. The topological polar surface area (TPSA) is 133 Å². The molecule has 8 heterocycles. The summed E-state index contributed by atoms with van der Waals surface area (Å²) in [6.45, 7) is 0. The predicted octanol–water partition coefficient (Wildman–Crippen LogP) is 20.0. The molecule has 0 amide bonds. The summed E-state index contributed by atoms with van der Waals surface area (Å²) in [4.78, 5) is 21.9. The number of aromatic nitrogens is 6. The molecule has 0 aliphatic rings. The highest BCUT2D eigenvalue weighted by molar-refractivity contribution is 14.1. The molecule has 17 aromatic rings. The highest BCUT2D eigenvalue weighted by atomic mass is 127. The van der Waals surface area contributed by atoms with E-state index in [9.17, 15) is 0 Å². The van der Waals surface area contributed by atoms with Crippen molar-refractivity contribution in [2.24, 2.45) is 0 Å². The number of para-hydroxylation sites is 6. The van der Waals surface area contributed by atoms with Crippen molar-refractivity contribution >= 4 is 190 Å². The zero-order chi connectivity index (χ0) is 55.0. The predicted molar refractivity (Wildman–Crippen MR) is 363 cm³/mol. The van der Waals surface area contributed by atoms with Crippen LogP contribution in [0.25, 0.3) is 121 Å². The summed E-state index contributed by atoms with van der Waals surface area (Å²) >= 11 is 13.2. The number of halogens is 2. The summed E-state index contributed by atoms with van der Waals surface area (Å²) in [7, 11) is 1.72. The molecule has 8 aromatic heterocycles. The maximum absolute atomic E-state index is 5.59. The first kappa shape index (κ1) is 53.9. The standard InChI is InChI=1S/C24H13N3S.C19H12N2S.C13H10OS.C6H8N2.C5H3ClIN.CH4/c1-4-10-19-14(6-1)21-20(28-19)12-11-15-22(21)24-26-16-7-2-3-8-17(16)27(24)18-9-5-13-25-23(15)18;1-4-10-16-12(6-1)18-13(7-5-11-17(18)22-16)19-20-14-8-2-3-9-15(14)21-19;1-14-10-6-4-8-12-13(10)9-5-2-3-7-11(9)15-12;7-5-3-1-2-4-6(5)8;6-5-4(7)2-1-3-8-5;/h1-13H;1-11H,(H,20,21);2-8H,1H3;1-4H,7-8H2;1-3H;1H4. The largest absolute Gasteiger partial charge is 0.496 e. The molecule has 0 saturated carbocycles. The number of aromatic amines is 1. The molecule has 0 spiro atoms. The lowest BCUT2D eigenvalue weighted by molar-refractivity contribution is 0.420. The molecule has 14 heteroatoms. The molecule has 0 saturated heterocycles. The smallest absolute Gasteiger partial charge is 0.147 e. The summed E-state index contributed by atoms with van der Waals surface area (Å²) < 4.78 is 16.5. The number of imidazole rings is 2. The van der Waals surface area contributed by atoms with Gasteiger partial charge in [0, 0.05) is 89.2 Å². The van der Waals surface area contributed by atoms with E-state index in [0.717, 1.165) is 59.3 Å². The van der Waals surface area contributed by atoms with Crippen molar-refractivity contribution < 1.29 is 4.74 Å². The van der Waals surface area contributed by atoms with Crippen LogP contribution in [0.15, 0.2) is 231 Å². The molecule has 5 N–H and O–H groups in total. The third kappa shape index (κ3) is 10.2. The fraction of sp³-hybridized carbons (Fsp3) is 0.0294. The van der Waals surface area contributed by atoms with Gasteiger partial charge < -0.3 is 21.2 Å². The molecule has 0 fully saturated rings. The van der Waals surface area contributed by atoms with E-state index in [2.05, 4.69) is 176 Å². The van der Waals surface area contributed by atoms with Crippen molar-refractivity contribution in [1.29, 1.82) is 0 Å². The summed E-state index contributed by atoms with van der Waals surface area (Å²) in [5.74, 6) is 1.90. The highest BCUT2D eigenvalue weighted by Crippen LogP contribution is 2.44. The number of nitrogens with zero attached hydrogens (tertiary/aromatic N) is 5. The lowest BCUT2D eigenvalue weighted by atomic mass is 10.0. The van der Waals surface area contributed by atoms with Crippen LogP contribution in [0.4, 0.5) is 11.4 Å². The van der Waals surface area contributed by atoms with Gasteiger partial charge in [0.15, 0.2) is 0 Å². The zero-order valence-corrected chi connectivity index (χ0v) is 48.6. The molecule has 9 nitrogen and oxygen atoms in total. The Morgan fingerprint density at radius 2 is 1.01 bits per heavy atom. The van der Waals surface area contributed by atoms with Crippen LogP contribution >= 0.6 is 68.2 Å². The first-order valence-electron chi connectivity index (χ1n) is 25.8. The van der Waals surface area contributed by atoms with E-state index >= 15 is 0 Å². The van der Waals surface area contributed by atoms with Gasteiger partial charge in [0.2, 0.25) is 0 Å². The number of H-pyrrole nitrogens is 1. The average molecular weight is 1250 g/mol. The number of ether oxygens (including phenoxy) is 1. The lowest BCUT2D eigenvalue weighted by Crippen LogP contribution is -1.93. The van der Waals surface area contributed by atoms with Gasteiger partial charge >= 0.3 is 0 Å². The molecule has 9 aromatic carbocycles. The van der Waals surface area contributed by atoms with Gasteiger partial charge in [0.1, 0.15) is 22.4 Å². The SMILES string of the molecule is C.COc1cccc2sc3ccccc3c12.Clc1ncccc1I.Nc1ccccc1N.c1ccc2[nH]c(-c3cccc4sc5ccccc5c34)nc2c1.c1ccc2c(c1)nc1c3c(ccc4sc5ccccc5c43)c3ncccc3n21. The van der Waals surface area contributed by atoms with Crippen LogP contribution in [0.1, 0.15) is 7.43 Å². The van der Waals surface area contributed by atoms with Gasteiger partial charge in [-0.15, -0.1) is 34.0 Å². The van der Waals surface area contributed by atoms with Crippen LogP contribution < -0.4 is 16.2 Å². The number of thiophene rings is 3. The summed E-state index contributed by atoms with van der Waals surface area (Å²) in [5, 5.41) is 10.6. The van der Waals surface area contributed by atoms with Crippen LogP contribution in [0.3, 0.4) is 0 Å². The molecule has 82 heavy (non-hydrogen) atoms. The third-order valence-corrected chi connectivity index (χ3v) is 18.8. The molecule has 0 atom stereocenters. The first-order chi connectivity index (χ1) is 39.8. The van der Waals surface area contributed by atoms with Gasteiger partial charge in [-0.3, -0.25) is 9.38 Å². The van der Waals surface area contributed by atoms with Crippen molar-refractivity contribution in [3.8, 4) is 17.1 Å². The Morgan fingerprint density at radius 3 is 1.66 bits per heavy atom. The molecule has 0 unspecified atom stereocenters. The fourth-order valence-corrected chi connectivity index (χ4v) is 14.1. The average Bonchev–Trinajstić information content (AvgIpc) is 4.50. The quantitative estimate of drug-likeness (QED) is 0.0679. The van der Waals surface area contributed by atoms with Crippen molar-refractivity contribution in [1.82, 2.24) is 29.3 Å². The number of fused-ring (bicyclic) bond motifs is 19. The Hall–Kier alpha value is -8.70. The number of rotatable bonds is 2. The number of hydrogen-bond donors (Lipinski definition) is 3. The monoisotopic (exact) mass is 1250 g/mol. The second-order valence-electron chi connectivity index (χ2n) is 18.8. The van der Waals surface area contributed by atoms with Crippen LogP contribution in [0.2, 0.25) is 5.15 Å². The van der Waals surface area contributed by atoms with Gasteiger partial charge in [0.05, 0.1) is 55.2 Å². The second kappa shape index (κ2) is 23.4. The molecule has 17 rings (SSSR count). The number of methoxy groups -OCH3 is 1. The van der Waals surface area contributed by atoms with E-state index < -0.39 is 0 Å². The molecule has 400 valence electrons. The van der Waals surface area contributed by atoms with Gasteiger partial charge in [-0.1, -0.05) is 134 Å². The summed E-state index contributed by atoms with van der Waals surface area (Å²) in [5.41, 5.74) is 20.6. The molecule has 0 radical (unpaired) electrons. The molecular formula is C68H50ClIN8OS3. The number of nitrogens with two attached hydrogens (primary N) is 2. The molecule has 0 aliphatic carbocycles. The maximum Gasteiger partial charge on any atom is 0.147 e. The molecular weight excluding hydrogens is 1200 g/mol. The summed E-state index contributed by atoms with van der Waals surface area (Å²) in [6.07, 6.45) is 3.55. The first-order valence-corrected chi connectivity index (χ1v) is 29.8. The number of anilines is 2. The van der Waals surface area contributed by atoms with E-state index in [0.29, 0.717) is 16.5 Å². The highest BCUT2D eigenvalue weighted by Gasteiger charge is 2.19. The second-order valence-corrected chi connectivity index (χ2v) is 23.6. The van der Waals surface area contributed by atoms with Gasteiger partial charge in [-0.05, 0) is 126 Å². The van der Waals surface area contributed by atoms with Gasteiger partial charge in [0.25, 0.3) is 0 Å². The van der Waals surface area contributed by atoms with Crippen molar-refractivity contribution in [3.05, 3.63) is 240 Å². The molecule has 0 aliphatic heterocycles. The number of pyridine rings is 3. The third-order valence-electron chi connectivity index (χ3n) is 14.0. The minimum absolute atomic E-state index is 0. The Morgan fingerprint density at radius 1 is 0.476 bits per heavy atom. The van der Waals surface area contributed by atoms with E-state index in [4.69, 9.17) is 42.8 Å². The Labute approximate surface area is 502 Å². The van der Waals surface area contributed by atoms with Crippen LogP contribution in [-0.2, 0) is 0 Å². The summed E-state index contributed by atoms with van der Waals surface area (Å²) in [6, 6.07) is 74.4. The molecule has 0 bridgehead atoms. The minimum Gasteiger partial charge on any atom is -0.496 e. The van der Waals surface area contributed by atoms with E-state index in [1.165, 1.54) is 71.5 Å². The fourth-order valence-electron chi connectivity index (χ4n) is 10.3. The van der Waals surface area contributed by atoms with Gasteiger partial charge in [-0.2, -0.15) is 0 Å². The van der Waals surface area contributed by atoms with Crippen LogP contribution in [0.5, 0.6) is 5.75 Å². The normalized spacial score (nSPS) is 11.1. The Balaban J connectivity index is 0.000000110. The zero-order valence-electron chi connectivity index (χ0n) is 43.2. The number of hydrogen-bond acceptors (Lipinski definition) is 10. The van der Waals surface area contributed by atoms with Crippen LogP contribution in [0, 0.1) is 3.57 Å². The number of nitrogen functional groups attached to an aromatic ring is 2. The van der Waals surface area contributed by atoms with Gasteiger partial charge in [-0.25, -0.2) is 15.0 Å². The van der Waals surface area contributed by atoms with E-state index in [1.54, 1.807) is 25.4 Å². The Bertz CT molecular complexity index is 5050. The van der Waals surface area contributed by atoms with Crippen molar-refractivity contribution in [3.63, 3.8) is 0 Å². The van der Waals surface area contributed by atoms with E-state index in [1.807, 2.05) is 107 Å².